The minimum Gasteiger partial charge on any atom is -0.484 e. The third-order valence-corrected chi connectivity index (χ3v) is 4.88. The molecule has 0 spiro atoms. The van der Waals surface area contributed by atoms with Gasteiger partial charge in [-0.25, -0.2) is 0 Å². The second-order valence-electron chi connectivity index (χ2n) is 5.38. The van der Waals surface area contributed by atoms with E-state index in [1.54, 1.807) is 11.3 Å². The van der Waals surface area contributed by atoms with Gasteiger partial charge >= 0.3 is 0 Å². The number of ether oxygens (including phenoxy) is 1. The van der Waals surface area contributed by atoms with Gasteiger partial charge in [0.05, 0.1) is 6.54 Å². The SMILES string of the molecule is Cc1ccsc1CNC(=O)COc1ccc2c(c1)CCC2. The first-order valence-electron chi connectivity index (χ1n) is 7.26. The summed E-state index contributed by atoms with van der Waals surface area (Å²) in [6.07, 6.45) is 3.51. The number of fused-ring (bicyclic) bond motifs is 1. The number of nitrogens with one attached hydrogen (secondary N) is 1. The van der Waals surface area contributed by atoms with Gasteiger partial charge in [0.25, 0.3) is 5.91 Å². The van der Waals surface area contributed by atoms with Crippen LogP contribution in [0.2, 0.25) is 0 Å². The number of amides is 1. The van der Waals surface area contributed by atoms with Gasteiger partial charge in [0, 0.05) is 4.88 Å². The summed E-state index contributed by atoms with van der Waals surface area (Å²) in [7, 11) is 0. The highest BCUT2D eigenvalue weighted by molar-refractivity contribution is 7.10. The van der Waals surface area contributed by atoms with Crippen LogP contribution in [-0.4, -0.2) is 12.5 Å². The first-order valence-corrected chi connectivity index (χ1v) is 8.14. The molecule has 3 rings (SSSR count). The average Bonchev–Trinajstić information content (AvgIpc) is 3.11. The second-order valence-corrected chi connectivity index (χ2v) is 6.38. The van der Waals surface area contributed by atoms with Crippen molar-refractivity contribution in [3.8, 4) is 5.75 Å². The quantitative estimate of drug-likeness (QED) is 0.920. The first-order chi connectivity index (χ1) is 10.2. The number of benzene rings is 1. The lowest BCUT2D eigenvalue weighted by atomic mass is 10.1. The largest absolute Gasteiger partial charge is 0.484 e. The van der Waals surface area contributed by atoms with Crippen molar-refractivity contribution in [1.82, 2.24) is 5.32 Å². The van der Waals surface area contributed by atoms with Gasteiger partial charge in [-0.2, -0.15) is 0 Å². The Morgan fingerprint density at radius 1 is 1.29 bits per heavy atom. The number of hydrogen-bond acceptors (Lipinski definition) is 3. The number of carbonyl (C=O) groups excluding carboxylic acids is 1. The normalized spacial score (nSPS) is 13.0. The molecule has 1 aromatic heterocycles. The minimum atomic E-state index is -0.0803. The van der Waals surface area contributed by atoms with E-state index in [4.69, 9.17) is 4.74 Å². The van der Waals surface area contributed by atoms with E-state index in [1.165, 1.54) is 28.0 Å². The monoisotopic (exact) mass is 301 g/mol. The van der Waals surface area contributed by atoms with Crippen LogP contribution in [0.1, 0.15) is 28.0 Å². The van der Waals surface area contributed by atoms with Crippen LogP contribution < -0.4 is 10.1 Å². The van der Waals surface area contributed by atoms with E-state index in [0.717, 1.165) is 18.6 Å². The Bertz CT molecular complexity index is 648. The van der Waals surface area contributed by atoms with Crippen molar-refractivity contribution < 1.29 is 9.53 Å². The Labute approximate surface area is 129 Å². The van der Waals surface area contributed by atoms with E-state index in [9.17, 15) is 4.79 Å². The maximum absolute atomic E-state index is 11.8. The Kier molecular flexibility index (Phi) is 4.25. The zero-order valence-corrected chi connectivity index (χ0v) is 13.0. The third-order valence-electron chi connectivity index (χ3n) is 3.85. The van der Waals surface area contributed by atoms with Gasteiger partial charge in [0.15, 0.2) is 6.61 Å². The third kappa shape index (κ3) is 3.45. The predicted molar refractivity (Wildman–Crippen MR) is 84.9 cm³/mol. The number of hydrogen-bond donors (Lipinski definition) is 1. The van der Waals surface area contributed by atoms with E-state index >= 15 is 0 Å². The van der Waals surface area contributed by atoms with Gasteiger partial charge in [-0.3, -0.25) is 4.79 Å². The van der Waals surface area contributed by atoms with E-state index in [0.29, 0.717) is 6.54 Å². The molecule has 1 heterocycles. The standard InChI is InChI=1S/C17H19NO2S/c1-12-7-8-21-16(12)10-18-17(19)11-20-15-6-5-13-3-2-4-14(13)9-15/h5-9H,2-4,10-11H2,1H3,(H,18,19). The molecule has 21 heavy (non-hydrogen) atoms. The Morgan fingerprint density at radius 2 is 2.14 bits per heavy atom. The molecule has 1 aromatic carbocycles. The molecule has 4 heteroatoms. The summed E-state index contributed by atoms with van der Waals surface area (Å²) in [6, 6.07) is 8.21. The van der Waals surface area contributed by atoms with E-state index in [-0.39, 0.29) is 12.5 Å². The molecule has 3 nitrogen and oxygen atoms in total. The van der Waals surface area contributed by atoms with Gasteiger partial charge in [0.1, 0.15) is 5.75 Å². The fourth-order valence-electron chi connectivity index (χ4n) is 2.60. The zero-order valence-electron chi connectivity index (χ0n) is 12.1. The van der Waals surface area contributed by atoms with E-state index in [1.807, 2.05) is 11.4 Å². The summed E-state index contributed by atoms with van der Waals surface area (Å²) >= 11 is 1.66. The van der Waals surface area contributed by atoms with Crippen LogP contribution in [0.25, 0.3) is 0 Å². The van der Waals surface area contributed by atoms with Crippen LogP contribution in [0, 0.1) is 6.92 Å². The molecule has 1 N–H and O–H groups in total. The maximum Gasteiger partial charge on any atom is 0.258 e. The molecule has 0 saturated carbocycles. The topological polar surface area (TPSA) is 38.3 Å². The molecule has 0 unspecified atom stereocenters. The Balaban J connectivity index is 1.48. The molecule has 0 saturated heterocycles. The predicted octanol–water partition coefficient (Wildman–Crippen LogP) is 3.24. The molecule has 1 aliphatic carbocycles. The zero-order chi connectivity index (χ0) is 14.7. The lowest BCUT2D eigenvalue weighted by Crippen LogP contribution is -2.28. The van der Waals surface area contributed by atoms with Crippen molar-refractivity contribution >= 4 is 17.2 Å². The summed E-state index contributed by atoms with van der Waals surface area (Å²) in [5, 5.41) is 4.93. The van der Waals surface area contributed by atoms with Crippen LogP contribution in [-0.2, 0) is 24.2 Å². The van der Waals surface area contributed by atoms with Crippen LogP contribution >= 0.6 is 11.3 Å². The number of aryl methyl sites for hydroxylation is 3. The van der Waals surface area contributed by atoms with Crippen molar-refractivity contribution in [3.05, 3.63) is 51.2 Å². The summed E-state index contributed by atoms with van der Waals surface area (Å²) in [5.41, 5.74) is 4.00. The summed E-state index contributed by atoms with van der Waals surface area (Å²) in [5.74, 6) is 0.710. The van der Waals surface area contributed by atoms with Gasteiger partial charge in [-0.05, 0) is 66.5 Å². The van der Waals surface area contributed by atoms with Crippen LogP contribution in [0.4, 0.5) is 0 Å². The molecular weight excluding hydrogens is 282 g/mol. The summed E-state index contributed by atoms with van der Waals surface area (Å²) in [4.78, 5) is 13.0. The molecule has 110 valence electrons. The average molecular weight is 301 g/mol. The van der Waals surface area contributed by atoms with Crippen molar-refractivity contribution in [2.45, 2.75) is 32.7 Å². The highest BCUT2D eigenvalue weighted by Gasteiger charge is 2.12. The highest BCUT2D eigenvalue weighted by Crippen LogP contribution is 2.25. The van der Waals surface area contributed by atoms with Gasteiger partial charge in [0.2, 0.25) is 0 Å². The van der Waals surface area contributed by atoms with Crippen molar-refractivity contribution in [2.75, 3.05) is 6.61 Å². The molecule has 1 aliphatic rings. The van der Waals surface area contributed by atoms with Crippen LogP contribution in [0.15, 0.2) is 29.6 Å². The smallest absolute Gasteiger partial charge is 0.258 e. The fraction of sp³-hybridized carbons (Fsp3) is 0.353. The Hall–Kier alpha value is -1.81. The summed E-state index contributed by atoms with van der Waals surface area (Å²) in [6.45, 7) is 2.71. The lowest BCUT2D eigenvalue weighted by molar-refractivity contribution is -0.123. The molecule has 0 aliphatic heterocycles. The number of thiophene rings is 1. The molecular formula is C17H19NO2S. The summed E-state index contributed by atoms with van der Waals surface area (Å²) < 4.78 is 5.58. The molecule has 0 atom stereocenters. The highest BCUT2D eigenvalue weighted by atomic mass is 32.1. The van der Waals surface area contributed by atoms with E-state index < -0.39 is 0 Å². The van der Waals surface area contributed by atoms with Crippen LogP contribution in [0.3, 0.4) is 0 Å². The van der Waals surface area contributed by atoms with Crippen molar-refractivity contribution in [3.63, 3.8) is 0 Å². The fourth-order valence-corrected chi connectivity index (χ4v) is 3.45. The number of rotatable bonds is 5. The van der Waals surface area contributed by atoms with Gasteiger partial charge < -0.3 is 10.1 Å². The minimum absolute atomic E-state index is 0.0726. The van der Waals surface area contributed by atoms with Crippen LogP contribution in [0.5, 0.6) is 5.75 Å². The molecule has 2 aromatic rings. The lowest BCUT2D eigenvalue weighted by Gasteiger charge is -2.09. The molecule has 0 fully saturated rings. The van der Waals surface area contributed by atoms with Gasteiger partial charge in [-0.15, -0.1) is 11.3 Å². The van der Waals surface area contributed by atoms with E-state index in [2.05, 4.69) is 30.4 Å². The molecule has 1 amide bonds. The first kappa shape index (κ1) is 14.1. The molecule has 0 bridgehead atoms. The Morgan fingerprint density at radius 3 is 2.95 bits per heavy atom. The van der Waals surface area contributed by atoms with Crippen molar-refractivity contribution in [2.24, 2.45) is 0 Å². The number of carbonyl (C=O) groups is 1. The maximum atomic E-state index is 11.8. The van der Waals surface area contributed by atoms with Gasteiger partial charge in [-0.1, -0.05) is 6.07 Å². The van der Waals surface area contributed by atoms with Crippen molar-refractivity contribution in [1.29, 1.82) is 0 Å². The second kappa shape index (κ2) is 6.31. The molecule has 0 radical (unpaired) electrons.